The molecule has 1 saturated heterocycles. The molecule has 40 heavy (non-hydrogen) atoms. The summed E-state index contributed by atoms with van der Waals surface area (Å²) in [6.45, 7) is 3.05. The number of alkyl halides is 2. The van der Waals surface area contributed by atoms with E-state index >= 15 is 0 Å². The lowest BCUT2D eigenvalue weighted by Crippen LogP contribution is -2.41. The van der Waals surface area contributed by atoms with E-state index in [1.54, 1.807) is 24.6 Å². The fourth-order valence-corrected chi connectivity index (χ4v) is 5.90. The summed E-state index contributed by atoms with van der Waals surface area (Å²) in [6.07, 6.45) is 2.93. The van der Waals surface area contributed by atoms with E-state index in [0.717, 1.165) is 9.13 Å². The number of thiazole rings is 1. The minimum Gasteiger partial charge on any atom is -0.356 e. The van der Waals surface area contributed by atoms with Crippen molar-refractivity contribution in [2.75, 3.05) is 23.3 Å². The summed E-state index contributed by atoms with van der Waals surface area (Å²) in [5.74, 6) is -3.62. The molecule has 0 spiro atoms. The van der Waals surface area contributed by atoms with Gasteiger partial charge < -0.3 is 14.8 Å². The van der Waals surface area contributed by atoms with Gasteiger partial charge in [-0.05, 0) is 26.0 Å². The van der Waals surface area contributed by atoms with Crippen LogP contribution in [0.5, 0.6) is 0 Å². The zero-order valence-electron chi connectivity index (χ0n) is 21.7. The van der Waals surface area contributed by atoms with Crippen molar-refractivity contribution in [1.82, 2.24) is 28.7 Å². The van der Waals surface area contributed by atoms with Gasteiger partial charge in [-0.25, -0.2) is 28.5 Å². The minimum absolute atomic E-state index is 0.0233. The first-order valence-corrected chi connectivity index (χ1v) is 13.4. The maximum atomic E-state index is 13.5. The van der Waals surface area contributed by atoms with Crippen LogP contribution in [0.2, 0.25) is 0 Å². The summed E-state index contributed by atoms with van der Waals surface area (Å²) in [5.41, 5.74) is -0.552. The topological polar surface area (TPSA) is 137 Å². The predicted octanol–water partition coefficient (Wildman–Crippen LogP) is 1.91. The Morgan fingerprint density at radius 2 is 1.93 bits per heavy atom. The largest absolute Gasteiger partial charge is 0.356 e. The highest BCUT2D eigenvalue weighted by molar-refractivity contribution is 7.13. The molecule has 6 rings (SSSR count). The molecule has 3 atom stereocenters. The van der Waals surface area contributed by atoms with Gasteiger partial charge in [0.15, 0.2) is 11.2 Å². The maximum Gasteiger partial charge on any atom is 0.332 e. The molecular weight excluding hydrogens is 546 g/mol. The molecular formula is C25H24F2N8O4S. The lowest BCUT2D eigenvalue weighted by Gasteiger charge is -2.20. The van der Waals surface area contributed by atoms with E-state index in [0.29, 0.717) is 35.3 Å². The Morgan fingerprint density at radius 1 is 1.20 bits per heavy atom. The molecule has 1 aliphatic carbocycles. The number of halogens is 2. The van der Waals surface area contributed by atoms with Crippen molar-refractivity contribution >= 4 is 45.8 Å². The Bertz CT molecular complexity index is 1780. The van der Waals surface area contributed by atoms with Crippen LogP contribution in [0.1, 0.15) is 19.9 Å². The molecule has 5 heterocycles. The van der Waals surface area contributed by atoms with Gasteiger partial charge in [-0.1, -0.05) is 0 Å². The first kappa shape index (κ1) is 26.0. The van der Waals surface area contributed by atoms with Gasteiger partial charge in [0.25, 0.3) is 11.5 Å². The Kier molecular flexibility index (Phi) is 5.94. The predicted molar refractivity (Wildman–Crippen MR) is 143 cm³/mol. The third kappa shape index (κ3) is 4.11. The normalized spacial score (nSPS) is 20.0. The molecule has 1 saturated carbocycles. The number of ketones is 1. The van der Waals surface area contributed by atoms with Crippen LogP contribution in [-0.4, -0.2) is 59.4 Å². The van der Waals surface area contributed by atoms with Crippen molar-refractivity contribution < 1.29 is 18.4 Å². The highest BCUT2D eigenvalue weighted by Crippen LogP contribution is 2.59. The number of hydrogen-bond acceptors (Lipinski definition) is 9. The molecule has 4 aromatic rings. The first-order chi connectivity index (χ1) is 19.0. The van der Waals surface area contributed by atoms with Crippen LogP contribution < -0.4 is 21.5 Å². The lowest BCUT2D eigenvalue weighted by molar-refractivity contribution is -0.119. The lowest BCUT2D eigenvalue weighted by atomic mass is 10.3. The van der Waals surface area contributed by atoms with Gasteiger partial charge in [-0.3, -0.25) is 23.5 Å². The van der Waals surface area contributed by atoms with E-state index in [9.17, 15) is 28.0 Å². The number of nitrogens with zero attached hydrogens (tertiary/aromatic N) is 7. The van der Waals surface area contributed by atoms with Gasteiger partial charge >= 0.3 is 5.69 Å². The van der Waals surface area contributed by atoms with Crippen LogP contribution in [0.25, 0.3) is 21.7 Å². The number of anilines is 2. The molecule has 12 nitrogen and oxygen atoms in total. The summed E-state index contributed by atoms with van der Waals surface area (Å²) in [6, 6.07) is 2.69. The number of aromatic nitrogens is 6. The number of imidazole rings is 1. The molecule has 2 fully saturated rings. The monoisotopic (exact) mass is 570 g/mol. The number of piperidine rings is 1. The van der Waals surface area contributed by atoms with Crippen LogP contribution in [0.3, 0.4) is 0 Å². The maximum absolute atomic E-state index is 13.5. The van der Waals surface area contributed by atoms with Crippen LogP contribution >= 0.6 is 11.3 Å². The number of amides is 1. The molecule has 208 valence electrons. The van der Waals surface area contributed by atoms with Gasteiger partial charge in [0.1, 0.15) is 28.5 Å². The molecule has 3 unspecified atom stereocenters. The van der Waals surface area contributed by atoms with Crippen molar-refractivity contribution in [2.24, 2.45) is 18.9 Å². The third-order valence-electron chi connectivity index (χ3n) is 7.51. The van der Waals surface area contributed by atoms with E-state index in [1.807, 2.05) is 11.0 Å². The number of rotatable bonds is 7. The fraction of sp³-hybridized carbons (Fsp3) is 0.400. The number of nitrogens with one attached hydrogen (secondary N) is 1. The standard InChI is InChI=1S/C25H24F2N8O4S/c1-12(36)7-34-23(38)19-20(32(3)24(34)39)29-11-35(19)13(2)21(37)30-17-10-40-22(31-17)14-4-5-18(28-6-14)33-8-15-16(9-33)25(15,26)27/h4-6,10-11,13,15-16H,7-9H2,1-3H3,(H,30,37). The SMILES string of the molecule is CC(=O)Cn1c(=O)c2c(ncn2C(C)C(=O)Nc2csc(-c3ccc(N4CC5C(C4)C5(F)F)nc3)n2)n(C)c1=O. The quantitative estimate of drug-likeness (QED) is 0.356. The average Bonchev–Trinajstić information content (AvgIpc) is 3.51. The van der Waals surface area contributed by atoms with Crippen molar-refractivity contribution in [2.45, 2.75) is 32.4 Å². The smallest absolute Gasteiger partial charge is 0.332 e. The highest BCUT2D eigenvalue weighted by Gasteiger charge is 2.71. The number of pyridine rings is 1. The molecule has 0 bridgehead atoms. The van der Waals surface area contributed by atoms with E-state index < -0.39 is 41.0 Å². The first-order valence-electron chi connectivity index (χ1n) is 12.5. The number of carbonyl (C=O) groups is 2. The molecule has 4 aromatic heterocycles. The zero-order valence-corrected chi connectivity index (χ0v) is 22.5. The number of carbonyl (C=O) groups excluding carboxylic acids is 2. The summed E-state index contributed by atoms with van der Waals surface area (Å²) >= 11 is 1.29. The molecule has 15 heteroatoms. The van der Waals surface area contributed by atoms with Gasteiger partial charge in [0.2, 0.25) is 5.91 Å². The van der Waals surface area contributed by atoms with Crippen LogP contribution in [0.4, 0.5) is 20.4 Å². The Morgan fingerprint density at radius 3 is 2.58 bits per heavy atom. The Balaban J connectivity index is 1.18. The number of fused-ring (bicyclic) bond motifs is 2. The van der Waals surface area contributed by atoms with Crippen LogP contribution in [-0.2, 0) is 23.2 Å². The van der Waals surface area contributed by atoms with Gasteiger partial charge in [-0.2, -0.15) is 0 Å². The second kappa shape index (κ2) is 9.15. The van der Waals surface area contributed by atoms with Crippen molar-refractivity contribution in [3.05, 3.63) is 50.9 Å². The number of aryl methyl sites for hydroxylation is 1. The summed E-state index contributed by atoms with van der Waals surface area (Å²) in [5, 5.41) is 5.00. The summed E-state index contributed by atoms with van der Waals surface area (Å²) in [7, 11) is 1.44. The molecule has 0 aromatic carbocycles. The van der Waals surface area contributed by atoms with Gasteiger partial charge in [0.05, 0.1) is 24.7 Å². The zero-order chi connectivity index (χ0) is 28.5. The highest BCUT2D eigenvalue weighted by atomic mass is 32.1. The molecule has 1 amide bonds. The average molecular weight is 571 g/mol. The van der Waals surface area contributed by atoms with E-state index in [4.69, 9.17) is 0 Å². The Hall–Kier alpha value is -4.27. The Labute approximate surface area is 228 Å². The van der Waals surface area contributed by atoms with Crippen LogP contribution in [0.15, 0.2) is 39.6 Å². The number of hydrogen-bond donors (Lipinski definition) is 1. The molecule has 1 aliphatic heterocycles. The van der Waals surface area contributed by atoms with Gasteiger partial charge in [-0.15, -0.1) is 11.3 Å². The minimum atomic E-state index is -2.55. The fourth-order valence-electron chi connectivity index (χ4n) is 5.16. The second-order valence-electron chi connectivity index (χ2n) is 10.2. The van der Waals surface area contributed by atoms with Crippen molar-refractivity contribution in [3.63, 3.8) is 0 Å². The second-order valence-corrected chi connectivity index (χ2v) is 11.0. The number of Topliss-reactive ketones (excluding diaryl/α,β-unsaturated/α-hetero) is 1. The third-order valence-corrected chi connectivity index (χ3v) is 8.40. The van der Waals surface area contributed by atoms with Crippen LogP contribution in [0, 0.1) is 11.8 Å². The van der Waals surface area contributed by atoms with Gasteiger partial charge in [0, 0.05) is 37.3 Å². The summed E-state index contributed by atoms with van der Waals surface area (Å²) in [4.78, 5) is 65.2. The van der Waals surface area contributed by atoms with E-state index in [1.165, 1.54) is 36.2 Å². The summed E-state index contributed by atoms with van der Waals surface area (Å²) < 4.78 is 30.3. The molecule has 1 N–H and O–H groups in total. The van der Waals surface area contributed by atoms with E-state index in [2.05, 4.69) is 20.3 Å². The molecule has 0 radical (unpaired) electrons. The van der Waals surface area contributed by atoms with Crippen molar-refractivity contribution in [3.8, 4) is 10.6 Å². The molecule has 2 aliphatic rings. The van der Waals surface area contributed by atoms with E-state index in [-0.39, 0.29) is 23.5 Å². The van der Waals surface area contributed by atoms with Crippen molar-refractivity contribution in [1.29, 1.82) is 0 Å².